The molecule has 1 aromatic carbocycles. The highest BCUT2D eigenvalue weighted by atomic mass is 16.5. The lowest BCUT2D eigenvalue weighted by Gasteiger charge is -2.03. The Kier molecular flexibility index (Phi) is 2.86. The number of benzene rings is 1. The number of ether oxygens (including phenoxy) is 1. The first-order valence-corrected chi connectivity index (χ1v) is 5.16. The molecule has 0 aromatic heterocycles. The number of hydrogen-bond acceptors (Lipinski definition) is 2. The van der Waals surface area contributed by atoms with Crippen LogP contribution >= 0.6 is 0 Å². The monoisotopic (exact) mass is 202 g/mol. The number of allylic oxidation sites excluding steroid dienone is 1. The highest BCUT2D eigenvalue weighted by Crippen LogP contribution is 2.39. The third kappa shape index (κ3) is 2.46. The SMILES string of the molecule is C=CC1CC1COC(=O)c1ccccc1. The van der Waals surface area contributed by atoms with Crippen LogP contribution in [0.5, 0.6) is 0 Å². The highest BCUT2D eigenvalue weighted by Gasteiger charge is 2.35. The molecule has 0 N–H and O–H groups in total. The molecule has 2 rings (SSSR count). The maximum absolute atomic E-state index is 11.5. The van der Waals surface area contributed by atoms with Crippen LogP contribution in [0.15, 0.2) is 43.0 Å². The van der Waals surface area contributed by atoms with Crippen molar-refractivity contribution in [1.29, 1.82) is 0 Å². The van der Waals surface area contributed by atoms with Gasteiger partial charge < -0.3 is 4.74 Å². The molecule has 2 heteroatoms. The summed E-state index contributed by atoms with van der Waals surface area (Å²) in [6.07, 6.45) is 3.03. The van der Waals surface area contributed by atoms with Crippen LogP contribution in [-0.4, -0.2) is 12.6 Å². The predicted octanol–water partition coefficient (Wildman–Crippen LogP) is 2.67. The van der Waals surface area contributed by atoms with E-state index < -0.39 is 0 Å². The van der Waals surface area contributed by atoms with Crippen LogP contribution in [0.3, 0.4) is 0 Å². The molecular weight excluding hydrogens is 188 g/mol. The van der Waals surface area contributed by atoms with E-state index in [1.165, 1.54) is 0 Å². The Morgan fingerprint density at radius 1 is 1.47 bits per heavy atom. The summed E-state index contributed by atoms with van der Waals surface area (Å²) in [6, 6.07) is 9.08. The zero-order valence-corrected chi connectivity index (χ0v) is 8.56. The molecule has 1 saturated carbocycles. The van der Waals surface area contributed by atoms with E-state index in [0.717, 1.165) is 6.42 Å². The van der Waals surface area contributed by atoms with Crippen LogP contribution in [0, 0.1) is 11.8 Å². The van der Waals surface area contributed by atoms with Gasteiger partial charge in [0.25, 0.3) is 0 Å². The zero-order chi connectivity index (χ0) is 10.7. The summed E-state index contributed by atoms with van der Waals surface area (Å²) in [5.74, 6) is 0.814. The molecule has 0 spiro atoms. The van der Waals surface area contributed by atoms with Crippen LogP contribution in [0.4, 0.5) is 0 Å². The molecule has 78 valence electrons. The predicted molar refractivity (Wildman–Crippen MR) is 58.5 cm³/mol. The Morgan fingerprint density at radius 2 is 2.20 bits per heavy atom. The fourth-order valence-electron chi connectivity index (χ4n) is 1.59. The van der Waals surface area contributed by atoms with Crippen LogP contribution in [0.2, 0.25) is 0 Å². The molecule has 2 unspecified atom stereocenters. The fourth-order valence-corrected chi connectivity index (χ4v) is 1.59. The summed E-state index contributed by atoms with van der Waals surface area (Å²) in [7, 11) is 0. The molecule has 0 heterocycles. The van der Waals surface area contributed by atoms with Gasteiger partial charge >= 0.3 is 5.97 Å². The summed E-state index contributed by atoms with van der Waals surface area (Å²) in [5, 5.41) is 0. The van der Waals surface area contributed by atoms with E-state index >= 15 is 0 Å². The van der Waals surface area contributed by atoms with Crippen molar-refractivity contribution in [1.82, 2.24) is 0 Å². The quantitative estimate of drug-likeness (QED) is 0.554. The van der Waals surface area contributed by atoms with Gasteiger partial charge in [-0.15, -0.1) is 6.58 Å². The third-order valence-electron chi connectivity index (χ3n) is 2.72. The number of rotatable bonds is 4. The zero-order valence-electron chi connectivity index (χ0n) is 8.56. The molecule has 1 aliphatic carbocycles. The van der Waals surface area contributed by atoms with E-state index in [1.54, 1.807) is 12.1 Å². The van der Waals surface area contributed by atoms with Gasteiger partial charge in [-0.05, 0) is 30.4 Å². The highest BCUT2D eigenvalue weighted by molar-refractivity contribution is 5.89. The Bertz CT molecular complexity index is 356. The minimum absolute atomic E-state index is 0.231. The first kappa shape index (κ1) is 9.97. The molecule has 0 aliphatic heterocycles. The maximum atomic E-state index is 11.5. The minimum Gasteiger partial charge on any atom is -0.462 e. The second kappa shape index (κ2) is 4.30. The van der Waals surface area contributed by atoms with Gasteiger partial charge in [0.2, 0.25) is 0 Å². The lowest BCUT2D eigenvalue weighted by Crippen LogP contribution is -2.07. The lowest BCUT2D eigenvalue weighted by molar-refractivity contribution is 0.0482. The van der Waals surface area contributed by atoms with Gasteiger partial charge in [0.15, 0.2) is 0 Å². The van der Waals surface area contributed by atoms with E-state index in [2.05, 4.69) is 6.58 Å². The second-order valence-corrected chi connectivity index (χ2v) is 3.86. The van der Waals surface area contributed by atoms with Gasteiger partial charge in [-0.1, -0.05) is 24.3 Å². The summed E-state index contributed by atoms with van der Waals surface area (Å²) < 4.78 is 5.20. The molecule has 15 heavy (non-hydrogen) atoms. The Morgan fingerprint density at radius 3 is 2.80 bits per heavy atom. The van der Waals surface area contributed by atoms with E-state index in [0.29, 0.717) is 24.0 Å². The van der Waals surface area contributed by atoms with E-state index in [-0.39, 0.29) is 5.97 Å². The van der Waals surface area contributed by atoms with Gasteiger partial charge in [0, 0.05) is 0 Å². The van der Waals surface area contributed by atoms with Crippen molar-refractivity contribution in [3.8, 4) is 0 Å². The topological polar surface area (TPSA) is 26.3 Å². The molecule has 2 nitrogen and oxygen atoms in total. The van der Waals surface area contributed by atoms with Crippen LogP contribution < -0.4 is 0 Å². The van der Waals surface area contributed by atoms with E-state index in [4.69, 9.17) is 4.74 Å². The van der Waals surface area contributed by atoms with Gasteiger partial charge in [-0.25, -0.2) is 4.79 Å². The summed E-state index contributed by atoms with van der Waals surface area (Å²) >= 11 is 0. The molecule has 2 atom stereocenters. The van der Waals surface area contributed by atoms with Crippen molar-refractivity contribution >= 4 is 5.97 Å². The largest absolute Gasteiger partial charge is 0.462 e. The van der Waals surface area contributed by atoms with E-state index in [9.17, 15) is 4.79 Å². The number of carbonyl (C=O) groups excluding carboxylic acids is 1. The van der Waals surface area contributed by atoms with Crippen LogP contribution in [0.1, 0.15) is 16.8 Å². The normalized spacial score (nSPS) is 23.2. The molecule has 1 aromatic rings. The summed E-state index contributed by atoms with van der Waals surface area (Å²) in [5.41, 5.74) is 0.619. The average molecular weight is 202 g/mol. The Labute approximate surface area is 89.6 Å². The van der Waals surface area contributed by atoms with Crippen molar-refractivity contribution in [3.63, 3.8) is 0 Å². The number of hydrogen-bond donors (Lipinski definition) is 0. The average Bonchev–Trinajstić information content (AvgIpc) is 3.06. The van der Waals surface area contributed by atoms with Gasteiger partial charge in [0.05, 0.1) is 12.2 Å². The van der Waals surface area contributed by atoms with E-state index in [1.807, 2.05) is 24.3 Å². The fraction of sp³-hybridized carbons (Fsp3) is 0.308. The van der Waals surface area contributed by atoms with Gasteiger partial charge in [-0.3, -0.25) is 0 Å². The maximum Gasteiger partial charge on any atom is 0.338 e. The first-order chi connectivity index (χ1) is 7.31. The Hall–Kier alpha value is -1.57. The number of carbonyl (C=O) groups is 1. The smallest absolute Gasteiger partial charge is 0.338 e. The van der Waals surface area contributed by atoms with Gasteiger partial charge in [0.1, 0.15) is 0 Å². The van der Waals surface area contributed by atoms with Crippen LogP contribution in [0.25, 0.3) is 0 Å². The molecular formula is C13H14O2. The molecule has 0 radical (unpaired) electrons. The molecule has 0 saturated heterocycles. The molecule has 0 amide bonds. The first-order valence-electron chi connectivity index (χ1n) is 5.16. The van der Waals surface area contributed by atoms with Crippen LogP contribution in [-0.2, 0) is 4.74 Å². The van der Waals surface area contributed by atoms with Crippen molar-refractivity contribution < 1.29 is 9.53 Å². The molecule has 0 bridgehead atoms. The standard InChI is InChI=1S/C13H14O2/c1-2-10-8-12(10)9-15-13(14)11-6-4-3-5-7-11/h2-7,10,12H,1,8-9H2. The number of esters is 1. The second-order valence-electron chi connectivity index (χ2n) is 3.86. The molecule has 1 fully saturated rings. The van der Waals surface area contributed by atoms with Gasteiger partial charge in [-0.2, -0.15) is 0 Å². The minimum atomic E-state index is -0.231. The van der Waals surface area contributed by atoms with Crippen molar-refractivity contribution in [3.05, 3.63) is 48.6 Å². The van der Waals surface area contributed by atoms with Crippen molar-refractivity contribution in [2.24, 2.45) is 11.8 Å². The van der Waals surface area contributed by atoms with Crippen molar-refractivity contribution in [2.75, 3.05) is 6.61 Å². The van der Waals surface area contributed by atoms with Crippen molar-refractivity contribution in [2.45, 2.75) is 6.42 Å². The Balaban J connectivity index is 1.81. The third-order valence-corrected chi connectivity index (χ3v) is 2.72. The summed E-state index contributed by atoms with van der Waals surface area (Å²) in [4.78, 5) is 11.5. The summed E-state index contributed by atoms with van der Waals surface area (Å²) in [6.45, 7) is 4.24. The molecule has 1 aliphatic rings. The lowest BCUT2D eigenvalue weighted by atomic mass is 10.2.